The van der Waals surface area contributed by atoms with Gasteiger partial charge in [0.2, 0.25) is 0 Å². The molecule has 16 heavy (non-hydrogen) atoms. The van der Waals surface area contributed by atoms with Crippen molar-refractivity contribution >= 4 is 23.9 Å². The van der Waals surface area contributed by atoms with Crippen LogP contribution in [0.25, 0.3) is 0 Å². The first-order chi connectivity index (χ1) is 10.1. The molecule has 88 valence electrons. The Hall–Kier alpha value is -0.315. The summed E-state index contributed by atoms with van der Waals surface area (Å²) in [6.07, 6.45) is -2.70. The molecule has 1 aliphatic rings. The van der Waals surface area contributed by atoms with Crippen molar-refractivity contribution in [2.75, 3.05) is 0 Å². The fourth-order valence-corrected chi connectivity index (χ4v) is 1.98. The summed E-state index contributed by atoms with van der Waals surface area (Å²) in [6, 6.07) is -0.334. The van der Waals surface area contributed by atoms with E-state index in [2.05, 4.69) is 0 Å². The molecule has 0 amide bonds. The van der Waals surface area contributed by atoms with Gasteiger partial charge in [-0.1, -0.05) is 6.85 Å². The standard InChI is InChI=1S/C12H19BO2S/c1-6-10-7-9(8-16-10)13-14-11(2,3)12(4,5)15-13/h7-8H,6H2,1-5H3/i1D3,6D2,7D,8D. The maximum atomic E-state index is 8.17. The maximum Gasteiger partial charge on any atom is 0.495 e. The lowest BCUT2D eigenvalue weighted by Crippen LogP contribution is -2.41. The molecule has 2 nitrogen and oxygen atoms in total. The van der Waals surface area contributed by atoms with Gasteiger partial charge >= 0.3 is 7.12 Å². The molecule has 0 radical (unpaired) electrons. The highest BCUT2D eigenvalue weighted by molar-refractivity contribution is 7.11. The Morgan fingerprint density at radius 3 is 2.62 bits per heavy atom. The second kappa shape index (κ2) is 3.86. The number of thiophene rings is 1. The molecule has 2 rings (SSSR count). The Labute approximate surface area is 112 Å². The fraction of sp³-hybridized carbons (Fsp3) is 0.667. The SMILES string of the molecule is [2H]c1sc(C([2H])([2H])C([2H])([2H])[2H])c([2H])c1B1OC(C)(C)C(C)(C)O1. The van der Waals surface area contributed by atoms with Gasteiger partial charge in [0.05, 0.1) is 13.9 Å². The lowest BCUT2D eigenvalue weighted by atomic mass is 9.81. The van der Waals surface area contributed by atoms with Gasteiger partial charge in [0.25, 0.3) is 0 Å². The predicted octanol–water partition coefficient (Wildman–Crippen LogP) is 2.61. The minimum absolute atomic E-state index is 0.0803. The summed E-state index contributed by atoms with van der Waals surface area (Å²) in [7, 11) is -0.989. The minimum Gasteiger partial charge on any atom is -0.399 e. The topological polar surface area (TPSA) is 18.5 Å². The van der Waals surface area contributed by atoms with E-state index in [9.17, 15) is 0 Å². The third-order valence-electron chi connectivity index (χ3n) is 3.11. The van der Waals surface area contributed by atoms with E-state index in [1.54, 1.807) is 0 Å². The molecule has 4 heteroatoms. The third-order valence-corrected chi connectivity index (χ3v) is 3.84. The lowest BCUT2D eigenvalue weighted by Gasteiger charge is -2.32. The van der Waals surface area contributed by atoms with Gasteiger partial charge in [0, 0.05) is 11.7 Å². The van der Waals surface area contributed by atoms with E-state index >= 15 is 0 Å². The Morgan fingerprint density at radius 1 is 1.44 bits per heavy atom. The van der Waals surface area contributed by atoms with Crippen LogP contribution >= 0.6 is 11.3 Å². The van der Waals surface area contributed by atoms with Crippen molar-refractivity contribution in [3.63, 3.8) is 0 Å². The van der Waals surface area contributed by atoms with Crippen LogP contribution in [0.2, 0.25) is 0 Å². The predicted molar refractivity (Wildman–Crippen MR) is 69.4 cm³/mol. The molecule has 2 heterocycles. The van der Waals surface area contributed by atoms with Crippen molar-refractivity contribution in [2.24, 2.45) is 0 Å². The Morgan fingerprint density at radius 2 is 2.06 bits per heavy atom. The van der Waals surface area contributed by atoms with Crippen molar-refractivity contribution in [1.82, 2.24) is 0 Å². The molecule has 1 fully saturated rings. The van der Waals surface area contributed by atoms with Crippen molar-refractivity contribution in [2.45, 2.75) is 52.1 Å². The second-order valence-electron chi connectivity index (χ2n) is 4.79. The molecular weight excluding hydrogens is 219 g/mol. The van der Waals surface area contributed by atoms with Crippen LogP contribution in [0.3, 0.4) is 0 Å². The van der Waals surface area contributed by atoms with Gasteiger partial charge < -0.3 is 9.31 Å². The first-order valence-electron chi connectivity index (χ1n) is 8.58. The van der Waals surface area contributed by atoms with E-state index in [0.29, 0.717) is 11.3 Å². The smallest absolute Gasteiger partial charge is 0.399 e. The summed E-state index contributed by atoms with van der Waals surface area (Å²) in [5.41, 5.74) is -1.25. The molecule has 0 bridgehead atoms. The molecule has 0 atom stereocenters. The summed E-state index contributed by atoms with van der Waals surface area (Å²) in [4.78, 5) is -0.299. The van der Waals surface area contributed by atoms with Crippen LogP contribution in [0.1, 0.15) is 49.0 Å². The van der Waals surface area contributed by atoms with Gasteiger partial charge in [0.1, 0.15) is 0 Å². The van der Waals surface area contributed by atoms with Crippen molar-refractivity contribution in [3.05, 3.63) is 16.3 Å². The third kappa shape index (κ3) is 1.94. The van der Waals surface area contributed by atoms with Crippen molar-refractivity contribution in [3.8, 4) is 0 Å². The summed E-state index contributed by atoms with van der Waals surface area (Å²) in [6.45, 7) is 4.39. The van der Waals surface area contributed by atoms with E-state index in [1.165, 1.54) is 0 Å². The summed E-state index contributed by atoms with van der Waals surface area (Å²) < 4.78 is 65.5. The van der Waals surface area contributed by atoms with E-state index in [4.69, 9.17) is 18.9 Å². The quantitative estimate of drug-likeness (QED) is 0.746. The Bertz CT molecular complexity index is 608. The fourth-order valence-electron chi connectivity index (χ4n) is 1.40. The average Bonchev–Trinajstić information content (AvgIpc) is 2.72. The highest BCUT2D eigenvalue weighted by Gasteiger charge is 2.51. The summed E-state index contributed by atoms with van der Waals surface area (Å²) >= 11 is 0.646. The largest absolute Gasteiger partial charge is 0.495 e. The van der Waals surface area contributed by atoms with E-state index in [1.807, 2.05) is 27.7 Å². The first kappa shape index (κ1) is 6.03. The van der Waals surface area contributed by atoms with Crippen LogP contribution in [0.15, 0.2) is 11.4 Å². The monoisotopic (exact) mass is 245 g/mol. The number of hydrogen-bond donors (Lipinski definition) is 0. The molecule has 0 saturated carbocycles. The van der Waals surface area contributed by atoms with Crippen LogP contribution in [0, 0.1) is 0 Å². The zero-order valence-electron chi connectivity index (χ0n) is 16.8. The van der Waals surface area contributed by atoms with Gasteiger partial charge in [-0.2, -0.15) is 0 Å². The molecule has 0 aromatic carbocycles. The Balaban J connectivity index is 2.49. The van der Waals surface area contributed by atoms with Crippen LogP contribution in [-0.4, -0.2) is 18.3 Å². The number of aryl methyl sites for hydroxylation is 1. The van der Waals surface area contributed by atoms with Gasteiger partial charge in [0.15, 0.2) is 0 Å². The first-order valence-corrected chi connectivity index (χ1v) is 5.89. The lowest BCUT2D eigenvalue weighted by molar-refractivity contribution is 0.00578. The molecule has 0 unspecified atom stereocenters. The van der Waals surface area contributed by atoms with E-state index < -0.39 is 31.5 Å². The number of hydrogen-bond acceptors (Lipinski definition) is 3. The van der Waals surface area contributed by atoms with E-state index in [-0.39, 0.29) is 21.7 Å². The normalized spacial score (nSPS) is 30.8. The van der Waals surface area contributed by atoms with Gasteiger partial charge in [-0.3, -0.25) is 0 Å². The molecule has 0 aliphatic carbocycles. The van der Waals surface area contributed by atoms with Crippen LogP contribution < -0.4 is 5.46 Å². The van der Waals surface area contributed by atoms with E-state index in [0.717, 1.165) is 0 Å². The minimum atomic E-state index is -2.92. The maximum absolute atomic E-state index is 8.17. The van der Waals surface area contributed by atoms with Gasteiger partial charge in [-0.15, -0.1) is 11.3 Å². The highest BCUT2D eigenvalue weighted by Crippen LogP contribution is 2.36. The van der Waals surface area contributed by atoms with Crippen LogP contribution in [0.4, 0.5) is 0 Å². The molecule has 1 saturated heterocycles. The zero-order valence-corrected chi connectivity index (χ0v) is 10.6. The van der Waals surface area contributed by atoms with Crippen LogP contribution in [0.5, 0.6) is 0 Å². The average molecular weight is 245 g/mol. The van der Waals surface area contributed by atoms with Gasteiger partial charge in [-0.25, -0.2) is 0 Å². The highest BCUT2D eigenvalue weighted by atomic mass is 32.1. The molecule has 0 N–H and O–H groups in total. The Kier molecular flexibility index (Phi) is 1.46. The number of rotatable bonds is 2. The van der Waals surface area contributed by atoms with Gasteiger partial charge in [-0.05, 0) is 50.9 Å². The molecule has 1 aliphatic heterocycles. The van der Waals surface area contributed by atoms with Crippen molar-refractivity contribution in [1.29, 1.82) is 0 Å². The second-order valence-corrected chi connectivity index (χ2v) is 5.60. The molecule has 0 spiro atoms. The summed E-state index contributed by atoms with van der Waals surface area (Å²) in [5, 5.41) is -0.114. The molecule has 1 aromatic rings. The van der Waals surface area contributed by atoms with Crippen molar-refractivity contribution < 1.29 is 18.9 Å². The molecular formula is C12H19BO2S. The van der Waals surface area contributed by atoms with Crippen LogP contribution in [-0.2, 0) is 15.7 Å². The zero-order chi connectivity index (χ0) is 18.0. The molecule has 1 aromatic heterocycles. The summed E-state index contributed by atoms with van der Waals surface area (Å²) in [5.74, 6) is 0.